The highest BCUT2D eigenvalue weighted by atomic mass is 14.8. The van der Waals surface area contributed by atoms with Crippen LogP contribution in [0, 0.1) is 11.3 Å². The molecule has 0 aromatic heterocycles. The van der Waals surface area contributed by atoms with Gasteiger partial charge >= 0.3 is 0 Å². The summed E-state index contributed by atoms with van der Waals surface area (Å²) in [5.74, 6) is 1.09. The van der Waals surface area contributed by atoms with E-state index in [2.05, 4.69) is 0 Å². The number of fused-ring (bicyclic) bond motifs is 2. The number of nitrogens with two attached hydrogens (primary N) is 1. The maximum absolute atomic E-state index is 6.25. The van der Waals surface area contributed by atoms with Crippen molar-refractivity contribution in [3.8, 4) is 0 Å². The van der Waals surface area contributed by atoms with Gasteiger partial charge < -0.3 is 5.73 Å². The minimum Gasteiger partial charge on any atom is -0.325 e. The van der Waals surface area contributed by atoms with Crippen LogP contribution in [-0.2, 0) is 0 Å². The zero-order chi connectivity index (χ0) is 7.53. The van der Waals surface area contributed by atoms with Crippen molar-refractivity contribution < 1.29 is 0 Å². The molecule has 0 amide bonds. The fourth-order valence-electron chi connectivity index (χ4n) is 3.55. The van der Waals surface area contributed by atoms with E-state index in [1.54, 1.807) is 0 Å². The van der Waals surface area contributed by atoms with Gasteiger partial charge in [0, 0.05) is 5.54 Å². The monoisotopic (exact) mass is 151 g/mol. The second-order valence-corrected chi connectivity index (χ2v) is 5.18. The van der Waals surface area contributed by atoms with Crippen LogP contribution in [-0.4, -0.2) is 5.54 Å². The summed E-state index contributed by atoms with van der Waals surface area (Å²) in [5.41, 5.74) is 7.30. The summed E-state index contributed by atoms with van der Waals surface area (Å²) in [5, 5.41) is 0. The molecule has 11 heavy (non-hydrogen) atoms. The Kier molecular flexibility index (Phi) is 0.976. The van der Waals surface area contributed by atoms with E-state index >= 15 is 0 Å². The van der Waals surface area contributed by atoms with Crippen LogP contribution in [0.15, 0.2) is 0 Å². The molecule has 0 atom stereocenters. The molecule has 1 nitrogen and oxygen atoms in total. The van der Waals surface area contributed by atoms with Gasteiger partial charge in [-0.2, -0.15) is 0 Å². The Morgan fingerprint density at radius 1 is 1.00 bits per heavy atom. The maximum atomic E-state index is 6.25. The molecule has 0 saturated heterocycles. The molecule has 62 valence electrons. The van der Waals surface area contributed by atoms with Crippen molar-refractivity contribution in [2.45, 2.75) is 50.5 Å². The lowest BCUT2D eigenvalue weighted by molar-refractivity contribution is 0.248. The molecule has 3 aliphatic carbocycles. The van der Waals surface area contributed by atoms with E-state index in [-0.39, 0.29) is 0 Å². The highest BCUT2D eigenvalue weighted by Crippen LogP contribution is 2.64. The molecule has 2 bridgehead atoms. The molecule has 3 fully saturated rings. The van der Waals surface area contributed by atoms with Crippen LogP contribution in [0.1, 0.15) is 44.9 Å². The average Bonchev–Trinajstić information content (AvgIpc) is 2.72. The van der Waals surface area contributed by atoms with Crippen molar-refractivity contribution in [1.29, 1.82) is 0 Å². The Balaban J connectivity index is 1.90. The standard InChI is InChI=1S/C10H17N/c11-10-5-3-9(7-10,4-6-10)8-1-2-8/h8H,1-7,11H2. The minimum absolute atomic E-state index is 0.294. The van der Waals surface area contributed by atoms with E-state index in [1.807, 2.05) is 0 Å². The second-order valence-electron chi connectivity index (χ2n) is 5.18. The Morgan fingerprint density at radius 3 is 2.00 bits per heavy atom. The highest BCUT2D eigenvalue weighted by Gasteiger charge is 2.57. The molecule has 0 unspecified atom stereocenters. The molecule has 0 aromatic carbocycles. The first-order valence-corrected chi connectivity index (χ1v) is 5.02. The first-order valence-electron chi connectivity index (χ1n) is 5.02. The average molecular weight is 151 g/mol. The van der Waals surface area contributed by atoms with E-state index in [1.165, 1.54) is 44.9 Å². The third kappa shape index (κ3) is 0.752. The number of hydrogen-bond donors (Lipinski definition) is 1. The first-order chi connectivity index (χ1) is 5.23. The molecule has 0 radical (unpaired) electrons. The predicted molar refractivity (Wildman–Crippen MR) is 45.2 cm³/mol. The van der Waals surface area contributed by atoms with Crippen molar-refractivity contribution in [2.24, 2.45) is 17.1 Å². The first kappa shape index (κ1) is 6.47. The van der Waals surface area contributed by atoms with Crippen molar-refractivity contribution in [3.05, 3.63) is 0 Å². The lowest BCUT2D eigenvalue weighted by Crippen LogP contribution is -2.33. The van der Waals surface area contributed by atoms with Gasteiger partial charge in [0.1, 0.15) is 0 Å². The van der Waals surface area contributed by atoms with Gasteiger partial charge in [-0.15, -0.1) is 0 Å². The van der Waals surface area contributed by atoms with Crippen LogP contribution in [0.5, 0.6) is 0 Å². The SMILES string of the molecule is NC12CCC(C3CC3)(CC1)C2. The minimum atomic E-state index is 0.294. The smallest absolute Gasteiger partial charge is 0.0160 e. The lowest BCUT2D eigenvalue weighted by Gasteiger charge is -2.26. The van der Waals surface area contributed by atoms with Crippen molar-refractivity contribution in [3.63, 3.8) is 0 Å². The molecule has 2 N–H and O–H groups in total. The molecule has 0 spiro atoms. The van der Waals surface area contributed by atoms with Crippen molar-refractivity contribution in [1.82, 2.24) is 0 Å². The Hall–Kier alpha value is -0.0400. The quantitative estimate of drug-likeness (QED) is 0.610. The zero-order valence-electron chi connectivity index (χ0n) is 7.10. The van der Waals surface area contributed by atoms with Crippen molar-refractivity contribution >= 4 is 0 Å². The van der Waals surface area contributed by atoms with Gasteiger partial charge in [-0.25, -0.2) is 0 Å². The topological polar surface area (TPSA) is 26.0 Å². The fraction of sp³-hybridized carbons (Fsp3) is 1.00. The van der Waals surface area contributed by atoms with E-state index < -0.39 is 0 Å². The lowest BCUT2D eigenvalue weighted by atomic mass is 9.79. The third-order valence-electron chi connectivity index (χ3n) is 4.39. The largest absolute Gasteiger partial charge is 0.325 e. The van der Waals surface area contributed by atoms with Gasteiger partial charge in [0.15, 0.2) is 0 Å². The van der Waals surface area contributed by atoms with Gasteiger partial charge in [-0.1, -0.05) is 0 Å². The van der Waals surface area contributed by atoms with Gasteiger partial charge in [0.05, 0.1) is 0 Å². The van der Waals surface area contributed by atoms with Crippen LogP contribution in [0.25, 0.3) is 0 Å². The van der Waals surface area contributed by atoms with Crippen LogP contribution in [0.4, 0.5) is 0 Å². The zero-order valence-corrected chi connectivity index (χ0v) is 7.10. The molecular weight excluding hydrogens is 134 g/mol. The maximum Gasteiger partial charge on any atom is 0.0160 e. The third-order valence-corrected chi connectivity index (χ3v) is 4.39. The Bertz CT molecular complexity index is 185. The van der Waals surface area contributed by atoms with Gasteiger partial charge in [0.25, 0.3) is 0 Å². The van der Waals surface area contributed by atoms with Crippen LogP contribution in [0.2, 0.25) is 0 Å². The van der Waals surface area contributed by atoms with Gasteiger partial charge in [-0.3, -0.25) is 0 Å². The van der Waals surface area contributed by atoms with Gasteiger partial charge in [-0.05, 0) is 56.3 Å². The number of rotatable bonds is 1. The summed E-state index contributed by atoms with van der Waals surface area (Å²) in [4.78, 5) is 0. The summed E-state index contributed by atoms with van der Waals surface area (Å²) in [7, 11) is 0. The summed E-state index contributed by atoms with van der Waals surface area (Å²) >= 11 is 0. The van der Waals surface area contributed by atoms with Crippen LogP contribution in [0.3, 0.4) is 0 Å². The molecule has 0 heterocycles. The second kappa shape index (κ2) is 1.66. The van der Waals surface area contributed by atoms with E-state index in [0.29, 0.717) is 5.54 Å². The van der Waals surface area contributed by atoms with Crippen LogP contribution >= 0.6 is 0 Å². The number of hydrogen-bond acceptors (Lipinski definition) is 1. The molecule has 1 heteroatoms. The normalized spacial score (nSPS) is 55.4. The Labute approximate surface area is 68.3 Å². The predicted octanol–water partition coefficient (Wildman–Crippen LogP) is 2.06. The molecule has 3 saturated carbocycles. The molecule has 0 aliphatic heterocycles. The molecular formula is C10H17N. The summed E-state index contributed by atoms with van der Waals surface area (Å²) in [6.45, 7) is 0. The molecule has 0 aromatic rings. The summed E-state index contributed by atoms with van der Waals surface area (Å²) < 4.78 is 0. The molecule has 3 rings (SSSR count). The highest BCUT2D eigenvalue weighted by molar-refractivity contribution is 5.12. The summed E-state index contributed by atoms with van der Waals surface area (Å²) in [6.07, 6.45) is 9.94. The summed E-state index contributed by atoms with van der Waals surface area (Å²) in [6, 6.07) is 0. The van der Waals surface area contributed by atoms with E-state index in [0.717, 1.165) is 11.3 Å². The van der Waals surface area contributed by atoms with E-state index in [9.17, 15) is 0 Å². The molecule has 3 aliphatic rings. The Morgan fingerprint density at radius 2 is 1.64 bits per heavy atom. The van der Waals surface area contributed by atoms with Crippen molar-refractivity contribution in [2.75, 3.05) is 0 Å². The fourth-order valence-corrected chi connectivity index (χ4v) is 3.55. The van der Waals surface area contributed by atoms with E-state index in [4.69, 9.17) is 5.73 Å². The van der Waals surface area contributed by atoms with Crippen LogP contribution < -0.4 is 5.73 Å². The van der Waals surface area contributed by atoms with Gasteiger partial charge in [0.2, 0.25) is 0 Å².